The van der Waals surface area contributed by atoms with Gasteiger partial charge in [0.15, 0.2) is 0 Å². The van der Waals surface area contributed by atoms with Gasteiger partial charge in [-0.25, -0.2) is 0 Å². The maximum absolute atomic E-state index is 11.1. The minimum absolute atomic E-state index is 0.0518. The molecule has 1 aliphatic rings. The third-order valence-corrected chi connectivity index (χ3v) is 2.51. The molecule has 0 spiro atoms. The van der Waals surface area contributed by atoms with Crippen molar-refractivity contribution in [2.24, 2.45) is 0 Å². The van der Waals surface area contributed by atoms with Crippen LogP contribution in [0.3, 0.4) is 0 Å². The van der Waals surface area contributed by atoms with Crippen LogP contribution in [0.4, 0.5) is 11.4 Å². The lowest BCUT2D eigenvalue weighted by Crippen LogP contribution is -2.19. The fourth-order valence-corrected chi connectivity index (χ4v) is 1.74. The predicted octanol–water partition coefficient (Wildman–Crippen LogP) is 1.79. The number of hydrogen-bond acceptors (Lipinski definition) is 3. The highest BCUT2D eigenvalue weighted by Crippen LogP contribution is 2.29. The summed E-state index contributed by atoms with van der Waals surface area (Å²) >= 11 is 0. The molecule has 5 nitrogen and oxygen atoms in total. The Bertz CT molecular complexity index is 454. The number of aryl methyl sites for hydroxylation is 2. The number of nitrogens with one attached hydrogen (secondary N) is 1. The summed E-state index contributed by atoms with van der Waals surface area (Å²) in [5.41, 5.74) is 2.23. The number of nitrogens with zero attached hydrogens (tertiary/aromatic N) is 1. The lowest BCUT2D eigenvalue weighted by atomic mass is 10.00. The molecule has 78 valence electrons. The third kappa shape index (κ3) is 1.68. The van der Waals surface area contributed by atoms with Gasteiger partial charge in [0.1, 0.15) is 0 Å². The minimum Gasteiger partial charge on any atom is -0.326 e. The van der Waals surface area contributed by atoms with Gasteiger partial charge in [0.2, 0.25) is 5.91 Å². The minimum atomic E-state index is -0.434. The first-order chi connectivity index (χ1) is 7.08. The molecule has 5 heteroatoms. The molecule has 1 heterocycles. The van der Waals surface area contributed by atoms with Crippen molar-refractivity contribution >= 4 is 17.3 Å². The molecular formula is C10H10N2O3. The van der Waals surface area contributed by atoms with Gasteiger partial charge in [-0.1, -0.05) is 0 Å². The number of rotatable bonds is 1. The van der Waals surface area contributed by atoms with Crippen molar-refractivity contribution in [1.82, 2.24) is 0 Å². The van der Waals surface area contributed by atoms with Crippen molar-refractivity contribution in [3.8, 4) is 0 Å². The van der Waals surface area contributed by atoms with E-state index in [1.807, 2.05) is 0 Å². The number of nitro benzene ring substituents is 1. The summed E-state index contributed by atoms with van der Waals surface area (Å²) in [7, 11) is 0. The van der Waals surface area contributed by atoms with Gasteiger partial charge in [0.05, 0.1) is 10.6 Å². The maximum atomic E-state index is 11.1. The average molecular weight is 206 g/mol. The van der Waals surface area contributed by atoms with E-state index in [1.54, 1.807) is 13.0 Å². The number of nitro groups is 1. The standard InChI is InChI=1S/C10H10N2O3/c1-6-4-7-2-3-10(13)11-8(7)5-9(6)12(14)15/h4-5H,2-3H2,1H3,(H,11,13). The number of anilines is 1. The zero-order chi connectivity index (χ0) is 11.0. The molecule has 0 saturated carbocycles. The van der Waals surface area contributed by atoms with E-state index in [9.17, 15) is 14.9 Å². The van der Waals surface area contributed by atoms with Crippen molar-refractivity contribution in [2.45, 2.75) is 19.8 Å². The van der Waals surface area contributed by atoms with E-state index < -0.39 is 4.92 Å². The number of fused-ring (bicyclic) bond motifs is 1. The van der Waals surface area contributed by atoms with Crippen molar-refractivity contribution in [1.29, 1.82) is 0 Å². The summed E-state index contributed by atoms with van der Waals surface area (Å²) in [6, 6.07) is 3.20. The average Bonchev–Trinajstić information content (AvgIpc) is 2.17. The van der Waals surface area contributed by atoms with Crippen LogP contribution < -0.4 is 5.32 Å². The van der Waals surface area contributed by atoms with Gasteiger partial charge in [-0.15, -0.1) is 0 Å². The molecule has 0 aliphatic carbocycles. The molecule has 0 aromatic heterocycles. The summed E-state index contributed by atoms with van der Waals surface area (Å²) in [5, 5.41) is 13.3. The first-order valence-electron chi connectivity index (χ1n) is 4.65. The monoisotopic (exact) mass is 206 g/mol. The number of carbonyl (C=O) groups is 1. The molecule has 0 atom stereocenters. The van der Waals surface area contributed by atoms with E-state index in [4.69, 9.17) is 0 Å². The highest BCUT2D eigenvalue weighted by molar-refractivity contribution is 5.94. The van der Waals surface area contributed by atoms with Crippen LogP contribution in [0, 0.1) is 17.0 Å². The Kier molecular flexibility index (Phi) is 2.15. The first-order valence-corrected chi connectivity index (χ1v) is 4.65. The molecule has 0 fully saturated rings. The molecule has 1 aliphatic heterocycles. The molecule has 1 aromatic carbocycles. The van der Waals surface area contributed by atoms with Crippen molar-refractivity contribution in [3.63, 3.8) is 0 Å². The lowest BCUT2D eigenvalue weighted by Gasteiger charge is -2.16. The summed E-state index contributed by atoms with van der Waals surface area (Å²) in [6.45, 7) is 1.70. The number of carbonyl (C=O) groups excluding carboxylic acids is 1. The van der Waals surface area contributed by atoms with Gasteiger partial charge in [-0.2, -0.15) is 0 Å². The quantitative estimate of drug-likeness (QED) is 0.562. The number of hydrogen-bond donors (Lipinski definition) is 1. The normalized spacial score (nSPS) is 14.3. The van der Waals surface area contributed by atoms with Gasteiger partial charge in [0.25, 0.3) is 5.69 Å². The lowest BCUT2D eigenvalue weighted by molar-refractivity contribution is -0.385. The summed E-state index contributed by atoms with van der Waals surface area (Å²) < 4.78 is 0. The van der Waals surface area contributed by atoms with Crippen LogP contribution in [-0.2, 0) is 11.2 Å². The smallest absolute Gasteiger partial charge is 0.274 e. The zero-order valence-electron chi connectivity index (χ0n) is 8.24. The molecule has 1 amide bonds. The summed E-state index contributed by atoms with van der Waals surface area (Å²) in [4.78, 5) is 21.4. The second kappa shape index (κ2) is 3.34. The Morgan fingerprint density at radius 2 is 2.13 bits per heavy atom. The van der Waals surface area contributed by atoms with E-state index >= 15 is 0 Å². The first kappa shape index (κ1) is 9.64. The number of amides is 1. The van der Waals surface area contributed by atoms with Crippen molar-refractivity contribution < 1.29 is 9.72 Å². The molecule has 2 rings (SSSR count). The van der Waals surface area contributed by atoms with E-state index in [-0.39, 0.29) is 11.6 Å². The van der Waals surface area contributed by atoms with Crippen LogP contribution in [0.1, 0.15) is 17.5 Å². The van der Waals surface area contributed by atoms with Gasteiger partial charge in [-0.3, -0.25) is 14.9 Å². The fraction of sp³-hybridized carbons (Fsp3) is 0.300. The van der Waals surface area contributed by atoms with E-state index in [0.717, 1.165) is 5.56 Å². The summed E-state index contributed by atoms with van der Waals surface area (Å²) in [5.74, 6) is -0.0827. The third-order valence-electron chi connectivity index (χ3n) is 2.51. The van der Waals surface area contributed by atoms with Crippen LogP contribution in [0.15, 0.2) is 12.1 Å². The second-order valence-electron chi connectivity index (χ2n) is 3.60. The molecule has 0 bridgehead atoms. The zero-order valence-corrected chi connectivity index (χ0v) is 8.24. The SMILES string of the molecule is Cc1cc2c(cc1[N+](=O)[O-])NC(=O)CC2. The predicted molar refractivity (Wildman–Crippen MR) is 54.8 cm³/mol. The van der Waals surface area contributed by atoms with Crippen molar-refractivity contribution in [3.05, 3.63) is 33.4 Å². The Morgan fingerprint density at radius 1 is 1.40 bits per heavy atom. The van der Waals surface area contributed by atoms with Gasteiger partial charge >= 0.3 is 0 Å². The fourth-order valence-electron chi connectivity index (χ4n) is 1.74. The van der Waals surface area contributed by atoms with E-state index in [0.29, 0.717) is 24.1 Å². The summed E-state index contributed by atoms with van der Waals surface area (Å²) in [6.07, 6.45) is 1.10. The van der Waals surface area contributed by atoms with Crippen LogP contribution in [0.2, 0.25) is 0 Å². The van der Waals surface area contributed by atoms with Crippen LogP contribution in [-0.4, -0.2) is 10.8 Å². The van der Waals surface area contributed by atoms with Crippen molar-refractivity contribution in [2.75, 3.05) is 5.32 Å². The Hall–Kier alpha value is -1.91. The second-order valence-corrected chi connectivity index (χ2v) is 3.60. The van der Waals surface area contributed by atoms with Gasteiger partial charge in [0, 0.05) is 18.1 Å². The van der Waals surface area contributed by atoms with Crippen LogP contribution >= 0.6 is 0 Å². The Balaban J connectivity index is 2.51. The van der Waals surface area contributed by atoms with Gasteiger partial charge < -0.3 is 5.32 Å². The van der Waals surface area contributed by atoms with E-state index in [1.165, 1.54) is 6.07 Å². The Labute approximate surface area is 86.2 Å². The van der Waals surface area contributed by atoms with Crippen LogP contribution in [0.5, 0.6) is 0 Å². The molecule has 15 heavy (non-hydrogen) atoms. The molecule has 1 N–H and O–H groups in total. The largest absolute Gasteiger partial charge is 0.326 e. The molecular weight excluding hydrogens is 196 g/mol. The Morgan fingerprint density at radius 3 is 2.80 bits per heavy atom. The molecule has 1 aromatic rings. The van der Waals surface area contributed by atoms with Crippen LogP contribution in [0.25, 0.3) is 0 Å². The van der Waals surface area contributed by atoms with E-state index in [2.05, 4.69) is 5.32 Å². The van der Waals surface area contributed by atoms with Gasteiger partial charge in [-0.05, 0) is 25.0 Å². The molecule has 0 radical (unpaired) electrons. The molecule has 0 unspecified atom stereocenters. The molecule has 0 saturated heterocycles. The maximum Gasteiger partial charge on any atom is 0.274 e. The topological polar surface area (TPSA) is 72.2 Å². The number of benzene rings is 1. The highest BCUT2D eigenvalue weighted by Gasteiger charge is 2.20. The highest BCUT2D eigenvalue weighted by atomic mass is 16.6.